The molecular formula is C19H24F6O2. The fourth-order valence-corrected chi connectivity index (χ4v) is 3.60. The molecule has 27 heavy (non-hydrogen) atoms. The Hall–Kier alpha value is -1.60. The monoisotopic (exact) mass is 398 g/mol. The molecule has 2 atom stereocenters. The van der Waals surface area contributed by atoms with Gasteiger partial charge >= 0.3 is 12.4 Å². The van der Waals surface area contributed by atoms with E-state index in [2.05, 4.69) is 0 Å². The van der Waals surface area contributed by atoms with E-state index in [1.807, 2.05) is 0 Å². The maximum absolute atomic E-state index is 13.6. The van der Waals surface area contributed by atoms with E-state index >= 15 is 0 Å². The van der Waals surface area contributed by atoms with Crippen LogP contribution in [0.2, 0.25) is 0 Å². The topological polar surface area (TPSA) is 29.5 Å². The Labute approximate surface area is 154 Å². The van der Waals surface area contributed by atoms with Crippen LogP contribution in [0.5, 0.6) is 11.5 Å². The SMILES string of the molecule is Cc1c(O)c(C)c(C(F)(F)F)c2c1CCC(C)(CCCC(C)C(F)(F)F)O2. The van der Waals surface area contributed by atoms with Gasteiger partial charge in [0.25, 0.3) is 0 Å². The van der Waals surface area contributed by atoms with Gasteiger partial charge in [0, 0.05) is 11.1 Å². The van der Waals surface area contributed by atoms with Gasteiger partial charge < -0.3 is 9.84 Å². The molecule has 1 N–H and O–H groups in total. The molecule has 0 saturated heterocycles. The van der Waals surface area contributed by atoms with Crippen molar-refractivity contribution in [3.63, 3.8) is 0 Å². The summed E-state index contributed by atoms with van der Waals surface area (Å²) in [5.41, 5.74) is -1.62. The van der Waals surface area contributed by atoms with E-state index in [1.54, 1.807) is 13.8 Å². The van der Waals surface area contributed by atoms with Crippen molar-refractivity contribution >= 4 is 0 Å². The molecule has 0 aliphatic carbocycles. The second-order valence-electron chi connectivity index (χ2n) is 7.67. The van der Waals surface area contributed by atoms with E-state index in [4.69, 9.17) is 4.74 Å². The van der Waals surface area contributed by atoms with Gasteiger partial charge in [0.1, 0.15) is 22.7 Å². The Morgan fingerprint density at radius 1 is 1.11 bits per heavy atom. The first kappa shape index (κ1) is 21.7. The number of halogens is 6. The van der Waals surface area contributed by atoms with Crippen molar-refractivity contribution < 1.29 is 36.2 Å². The molecule has 0 spiro atoms. The molecule has 2 nitrogen and oxygen atoms in total. The normalized spacial score (nSPS) is 21.6. The highest BCUT2D eigenvalue weighted by Crippen LogP contribution is 2.50. The minimum absolute atomic E-state index is 0.102. The maximum atomic E-state index is 13.6. The number of hydrogen-bond donors (Lipinski definition) is 1. The second kappa shape index (κ2) is 7.09. The van der Waals surface area contributed by atoms with Crippen molar-refractivity contribution in [3.05, 3.63) is 22.3 Å². The van der Waals surface area contributed by atoms with Crippen LogP contribution in [-0.4, -0.2) is 16.9 Å². The Morgan fingerprint density at radius 3 is 2.22 bits per heavy atom. The van der Waals surface area contributed by atoms with Gasteiger partial charge in [-0.3, -0.25) is 0 Å². The summed E-state index contributed by atoms with van der Waals surface area (Å²) in [5.74, 6) is -2.16. The predicted molar refractivity (Wildman–Crippen MR) is 89.0 cm³/mol. The summed E-state index contributed by atoms with van der Waals surface area (Å²) in [4.78, 5) is 0. The Kier molecular flexibility index (Phi) is 5.70. The van der Waals surface area contributed by atoms with E-state index in [9.17, 15) is 31.4 Å². The molecule has 1 aromatic rings. The molecule has 1 aromatic carbocycles. The minimum atomic E-state index is -4.71. The largest absolute Gasteiger partial charge is 0.507 e. The lowest BCUT2D eigenvalue weighted by atomic mass is 9.84. The highest BCUT2D eigenvalue weighted by atomic mass is 19.4. The number of phenols is 1. The Balaban J connectivity index is 2.29. The first-order valence-electron chi connectivity index (χ1n) is 8.85. The van der Waals surface area contributed by atoms with Crippen molar-refractivity contribution in [1.29, 1.82) is 0 Å². The number of benzene rings is 1. The molecule has 8 heteroatoms. The number of aromatic hydroxyl groups is 1. The third kappa shape index (κ3) is 4.46. The van der Waals surface area contributed by atoms with Gasteiger partial charge in [0.15, 0.2) is 0 Å². The summed E-state index contributed by atoms with van der Waals surface area (Å²) in [5, 5.41) is 10.1. The van der Waals surface area contributed by atoms with Crippen molar-refractivity contribution in [2.75, 3.05) is 0 Å². The minimum Gasteiger partial charge on any atom is -0.507 e. The molecule has 1 aliphatic rings. The number of phenolic OH excluding ortho intramolecular Hbond substituents is 1. The highest BCUT2D eigenvalue weighted by Gasteiger charge is 2.44. The zero-order valence-electron chi connectivity index (χ0n) is 15.7. The van der Waals surface area contributed by atoms with E-state index in [0.717, 1.165) is 6.92 Å². The van der Waals surface area contributed by atoms with Gasteiger partial charge in [-0.15, -0.1) is 0 Å². The zero-order chi connectivity index (χ0) is 20.8. The van der Waals surface area contributed by atoms with Crippen LogP contribution in [0.15, 0.2) is 0 Å². The van der Waals surface area contributed by atoms with Crippen molar-refractivity contribution in [2.24, 2.45) is 5.92 Å². The smallest absolute Gasteiger partial charge is 0.420 e. The number of rotatable bonds is 4. The van der Waals surface area contributed by atoms with E-state index < -0.39 is 35.2 Å². The summed E-state index contributed by atoms with van der Waals surface area (Å²) in [7, 11) is 0. The average Bonchev–Trinajstić information content (AvgIpc) is 2.50. The lowest BCUT2D eigenvalue weighted by Crippen LogP contribution is -2.38. The molecule has 2 unspecified atom stereocenters. The summed E-state index contributed by atoms with van der Waals surface area (Å²) in [6.45, 7) is 5.45. The van der Waals surface area contributed by atoms with Crippen LogP contribution in [0.1, 0.15) is 61.8 Å². The standard InChI is InChI=1S/C19H24F6O2/c1-10(18(20,21)22)6-5-8-17(4)9-7-13-11(2)15(26)12(3)14(16(13)27-17)19(23,24)25/h10,26H,5-9H2,1-4H3. The molecule has 0 fully saturated rings. The molecule has 0 radical (unpaired) electrons. The van der Waals surface area contributed by atoms with Crippen LogP contribution in [0, 0.1) is 19.8 Å². The molecule has 0 aromatic heterocycles. The Bertz CT molecular complexity index is 708. The number of fused-ring (bicyclic) bond motifs is 1. The molecule has 2 rings (SSSR count). The quantitative estimate of drug-likeness (QED) is 0.588. The molecular weight excluding hydrogens is 374 g/mol. The van der Waals surface area contributed by atoms with Gasteiger partial charge in [0.2, 0.25) is 0 Å². The second-order valence-corrected chi connectivity index (χ2v) is 7.67. The Morgan fingerprint density at radius 2 is 1.70 bits per heavy atom. The first-order chi connectivity index (χ1) is 12.2. The molecule has 1 heterocycles. The maximum Gasteiger partial charge on any atom is 0.420 e. The van der Waals surface area contributed by atoms with Crippen molar-refractivity contribution in [1.82, 2.24) is 0 Å². The number of hydrogen-bond acceptors (Lipinski definition) is 2. The predicted octanol–water partition coefficient (Wildman–Crippen LogP) is 6.48. The van der Waals surface area contributed by atoms with Crippen LogP contribution < -0.4 is 4.74 Å². The van der Waals surface area contributed by atoms with Crippen LogP contribution in [0.3, 0.4) is 0 Å². The summed E-state index contributed by atoms with van der Waals surface area (Å²) in [6, 6.07) is 0. The first-order valence-corrected chi connectivity index (χ1v) is 8.85. The fourth-order valence-electron chi connectivity index (χ4n) is 3.60. The van der Waals surface area contributed by atoms with Gasteiger partial charge in [-0.2, -0.15) is 26.3 Å². The van der Waals surface area contributed by atoms with Crippen LogP contribution >= 0.6 is 0 Å². The van der Waals surface area contributed by atoms with Crippen LogP contribution in [-0.2, 0) is 12.6 Å². The van der Waals surface area contributed by atoms with Crippen LogP contribution in [0.4, 0.5) is 26.3 Å². The highest BCUT2D eigenvalue weighted by molar-refractivity contribution is 5.59. The molecule has 0 bridgehead atoms. The van der Waals surface area contributed by atoms with Gasteiger partial charge in [-0.25, -0.2) is 0 Å². The van der Waals surface area contributed by atoms with Crippen molar-refractivity contribution in [3.8, 4) is 11.5 Å². The van der Waals surface area contributed by atoms with E-state index in [-0.39, 0.29) is 37.0 Å². The van der Waals surface area contributed by atoms with E-state index in [0.29, 0.717) is 17.5 Å². The van der Waals surface area contributed by atoms with Gasteiger partial charge in [-0.05, 0) is 58.4 Å². The van der Waals surface area contributed by atoms with Gasteiger partial charge in [0.05, 0.1) is 5.92 Å². The molecule has 0 saturated carbocycles. The fraction of sp³-hybridized carbons (Fsp3) is 0.684. The van der Waals surface area contributed by atoms with E-state index in [1.165, 1.54) is 6.92 Å². The summed E-state index contributed by atoms with van der Waals surface area (Å²) >= 11 is 0. The van der Waals surface area contributed by atoms with Gasteiger partial charge in [-0.1, -0.05) is 6.92 Å². The third-order valence-electron chi connectivity index (χ3n) is 5.48. The van der Waals surface area contributed by atoms with Crippen LogP contribution in [0.25, 0.3) is 0 Å². The number of alkyl halides is 6. The number of ether oxygens (including phenoxy) is 1. The molecule has 1 aliphatic heterocycles. The zero-order valence-corrected chi connectivity index (χ0v) is 15.7. The summed E-state index contributed by atoms with van der Waals surface area (Å²) in [6.07, 6.45) is -8.02. The third-order valence-corrected chi connectivity index (χ3v) is 5.48. The lowest BCUT2D eigenvalue weighted by Gasteiger charge is -2.38. The lowest BCUT2D eigenvalue weighted by molar-refractivity contribution is -0.172. The molecule has 0 amide bonds. The summed E-state index contributed by atoms with van der Waals surface area (Å²) < 4.78 is 84.4. The average molecular weight is 398 g/mol. The van der Waals surface area contributed by atoms with Crippen molar-refractivity contribution in [2.45, 2.75) is 77.8 Å². The molecule has 154 valence electrons.